The van der Waals surface area contributed by atoms with Crippen LogP contribution in [0.2, 0.25) is 0 Å². The first-order valence-corrected chi connectivity index (χ1v) is 18.2. The molecule has 2 saturated carbocycles. The third-order valence-corrected chi connectivity index (χ3v) is 11.9. The van der Waals surface area contributed by atoms with Gasteiger partial charge in [0.2, 0.25) is 11.8 Å². The van der Waals surface area contributed by atoms with Crippen molar-refractivity contribution < 1.29 is 9.47 Å². The molecular weight excluding hydrogens is 603 g/mol. The molecule has 2 unspecified atom stereocenters. The van der Waals surface area contributed by atoms with Gasteiger partial charge in [-0.05, 0) is 123 Å². The summed E-state index contributed by atoms with van der Waals surface area (Å²) in [6.45, 7) is 8.29. The number of hydrogen-bond acceptors (Lipinski definition) is 8. The second-order valence-corrected chi connectivity index (χ2v) is 15.2. The Morgan fingerprint density at radius 1 is 0.957 bits per heavy atom. The summed E-state index contributed by atoms with van der Waals surface area (Å²) < 4.78 is 15.7. The number of nitrogens with zero attached hydrogens (tertiary/aromatic N) is 4. The fourth-order valence-electron chi connectivity index (χ4n) is 8.52. The van der Waals surface area contributed by atoms with Crippen molar-refractivity contribution in [1.82, 2.24) is 15.0 Å². The van der Waals surface area contributed by atoms with E-state index in [1.807, 2.05) is 6.07 Å². The highest BCUT2D eigenvalue weighted by Gasteiger charge is 2.48. The number of fused-ring (bicyclic) bond motifs is 4. The van der Waals surface area contributed by atoms with E-state index in [1.165, 1.54) is 54.5 Å². The van der Waals surface area contributed by atoms with E-state index in [0.717, 1.165) is 66.9 Å². The Morgan fingerprint density at radius 3 is 2.51 bits per heavy atom. The van der Waals surface area contributed by atoms with Crippen LogP contribution in [0, 0.1) is 31.1 Å². The molecule has 2 aliphatic heterocycles. The molecule has 2 aliphatic carbocycles. The standard InChI is InChI=1S/C39H45N5O2S/c1-26-6-3-7-27(2)37(26)35-21-36-42-38(41-35)43-47-33-9-4-8-29(19-33)34(30(25-46-36)18-28-22-39(23-28)12-5-13-39)20-31-10-11-32(24-40-31)44-14-16-45-17-15-44/h3-4,6-11,19,21,24,28,30,34H,5,12-18,20,22-23,25H2,1-2H3,(H,41,42,43). The van der Waals surface area contributed by atoms with Crippen molar-refractivity contribution in [2.75, 3.05) is 42.5 Å². The van der Waals surface area contributed by atoms with Crippen molar-refractivity contribution in [1.29, 1.82) is 0 Å². The highest BCUT2D eigenvalue weighted by Crippen LogP contribution is 2.60. The lowest BCUT2D eigenvalue weighted by molar-refractivity contribution is -0.0381. The van der Waals surface area contributed by atoms with E-state index in [9.17, 15) is 0 Å². The number of benzene rings is 2. The number of ether oxygens (including phenoxy) is 2. The molecule has 2 aromatic heterocycles. The molecule has 47 heavy (non-hydrogen) atoms. The van der Waals surface area contributed by atoms with Gasteiger partial charge in [-0.15, -0.1) is 0 Å². The second kappa shape index (κ2) is 13.1. The van der Waals surface area contributed by atoms with Crippen LogP contribution in [-0.2, 0) is 11.2 Å². The number of pyridine rings is 1. The van der Waals surface area contributed by atoms with Crippen molar-refractivity contribution in [2.45, 2.75) is 69.6 Å². The highest BCUT2D eigenvalue weighted by atomic mass is 32.2. The number of nitrogens with one attached hydrogen (secondary N) is 1. The van der Waals surface area contributed by atoms with Crippen LogP contribution < -0.4 is 14.4 Å². The minimum absolute atomic E-state index is 0.272. The Hall–Kier alpha value is -3.62. The molecule has 0 radical (unpaired) electrons. The van der Waals surface area contributed by atoms with Gasteiger partial charge in [-0.1, -0.05) is 36.8 Å². The fraction of sp³-hybridized carbons (Fsp3) is 0.462. The van der Waals surface area contributed by atoms with Crippen LogP contribution in [0.1, 0.15) is 66.8 Å². The molecule has 8 heteroatoms. The fourth-order valence-corrected chi connectivity index (χ4v) is 9.16. The van der Waals surface area contributed by atoms with Gasteiger partial charge < -0.3 is 14.4 Å². The third kappa shape index (κ3) is 6.59. The summed E-state index contributed by atoms with van der Waals surface area (Å²) in [5, 5.41) is 0. The molecule has 2 atom stereocenters. The van der Waals surface area contributed by atoms with Gasteiger partial charge in [0.05, 0.1) is 37.4 Å². The highest BCUT2D eigenvalue weighted by molar-refractivity contribution is 8.00. The zero-order valence-corrected chi connectivity index (χ0v) is 28.4. The van der Waals surface area contributed by atoms with Crippen molar-refractivity contribution in [3.05, 3.63) is 89.2 Å². The Bertz CT molecular complexity index is 1690. The van der Waals surface area contributed by atoms with Crippen LogP contribution in [0.5, 0.6) is 5.88 Å². The van der Waals surface area contributed by atoms with Crippen LogP contribution in [0.15, 0.2) is 71.8 Å². The van der Waals surface area contributed by atoms with Gasteiger partial charge in [-0.3, -0.25) is 9.71 Å². The summed E-state index contributed by atoms with van der Waals surface area (Å²) in [5.41, 5.74) is 8.73. The van der Waals surface area contributed by atoms with E-state index >= 15 is 0 Å². The summed E-state index contributed by atoms with van der Waals surface area (Å²) >= 11 is 1.56. The molecule has 8 rings (SSSR count). The van der Waals surface area contributed by atoms with Gasteiger partial charge in [0, 0.05) is 41.2 Å². The molecule has 7 nitrogen and oxygen atoms in total. The van der Waals surface area contributed by atoms with Crippen molar-refractivity contribution in [3.63, 3.8) is 0 Å². The largest absolute Gasteiger partial charge is 0.477 e. The zero-order chi connectivity index (χ0) is 31.8. The summed E-state index contributed by atoms with van der Waals surface area (Å²) in [6.07, 6.45) is 11.1. The molecule has 2 aromatic carbocycles. The van der Waals surface area contributed by atoms with Crippen molar-refractivity contribution in [3.8, 4) is 17.1 Å². The topological polar surface area (TPSA) is 72.4 Å². The van der Waals surface area contributed by atoms with Crippen LogP contribution in [0.25, 0.3) is 11.3 Å². The average Bonchev–Trinajstić information content (AvgIpc) is 3.05. The lowest BCUT2D eigenvalue weighted by atomic mass is 9.50. The quantitative estimate of drug-likeness (QED) is 0.209. The number of rotatable bonds is 6. The Kier molecular flexibility index (Phi) is 8.57. The molecule has 0 amide bonds. The Morgan fingerprint density at radius 2 is 1.77 bits per heavy atom. The van der Waals surface area contributed by atoms with Crippen LogP contribution in [-0.4, -0.2) is 47.9 Å². The maximum absolute atomic E-state index is 6.73. The number of anilines is 2. The van der Waals surface area contributed by atoms with E-state index in [-0.39, 0.29) is 5.92 Å². The predicted molar refractivity (Wildman–Crippen MR) is 189 cm³/mol. The zero-order valence-electron chi connectivity index (χ0n) is 27.6. The lowest BCUT2D eigenvalue weighted by Gasteiger charge is -2.55. The van der Waals surface area contributed by atoms with Gasteiger partial charge in [0.15, 0.2) is 0 Å². The van der Waals surface area contributed by atoms with E-state index in [4.69, 9.17) is 24.4 Å². The first kappa shape index (κ1) is 30.7. The van der Waals surface area contributed by atoms with Crippen LogP contribution in [0.4, 0.5) is 11.6 Å². The SMILES string of the molecule is Cc1cccc(C)c1-c1cc2nc(n1)NSc1cccc(c1)C(Cc1ccc(N3CCOCC3)cn1)C(CC1CC3(CCC3)C1)CO2. The van der Waals surface area contributed by atoms with Gasteiger partial charge in [-0.2, -0.15) is 4.98 Å². The molecule has 4 aliphatic rings. The smallest absolute Gasteiger partial charge is 0.237 e. The Labute approximate surface area is 283 Å². The molecule has 1 N–H and O–H groups in total. The van der Waals surface area contributed by atoms with Crippen molar-refractivity contribution >= 4 is 23.6 Å². The van der Waals surface area contributed by atoms with E-state index in [1.54, 1.807) is 11.9 Å². The molecule has 4 heterocycles. The maximum Gasteiger partial charge on any atom is 0.237 e. The number of aryl methyl sites for hydroxylation is 2. The molecule has 244 valence electrons. The average molecular weight is 648 g/mol. The normalized spacial score (nSPS) is 22.2. The maximum atomic E-state index is 6.73. The molecule has 3 fully saturated rings. The van der Waals surface area contributed by atoms with Gasteiger partial charge >= 0.3 is 0 Å². The molecule has 4 aromatic rings. The number of hydrogen-bond donors (Lipinski definition) is 1. The summed E-state index contributed by atoms with van der Waals surface area (Å²) in [7, 11) is 0. The third-order valence-electron chi connectivity index (χ3n) is 11.1. The minimum Gasteiger partial charge on any atom is -0.477 e. The predicted octanol–water partition coefficient (Wildman–Crippen LogP) is 8.42. The van der Waals surface area contributed by atoms with Gasteiger partial charge in [0.25, 0.3) is 0 Å². The van der Waals surface area contributed by atoms with E-state index < -0.39 is 0 Å². The summed E-state index contributed by atoms with van der Waals surface area (Å²) in [6, 6.07) is 21.9. The first-order valence-electron chi connectivity index (χ1n) is 17.4. The van der Waals surface area contributed by atoms with Gasteiger partial charge in [0.1, 0.15) is 0 Å². The van der Waals surface area contributed by atoms with Crippen molar-refractivity contribution in [2.24, 2.45) is 17.3 Å². The molecule has 1 saturated heterocycles. The monoisotopic (exact) mass is 647 g/mol. The first-order chi connectivity index (χ1) is 23.0. The summed E-state index contributed by atoms with van der Waals surface area (Å²) in [4.78, 5) is 18.4. The van der Waals surface area contributed by atoms with E-state index in [0.29, 0.717) is 29.8 Å². The van der Waals surface area contributed by atoms with Crippen LogP contribution >= 0.6 is 11.9 Å². The van der Waals surface area contributed by atoms with E-state index in [2.05, 4.69) is 84.3 Å². The summed E-state index contributed by atoms with van der Waals surface area (Å²) in [5.74, 6) is 2.55. The number of aromatic nitrogens is 3. The molecule has 1 spiro atoms. The molecular formula is C39H45N5O2S. The van der Waals surface area contributed by atoms with Gasteiger partial charge in [-0.25, -0.2) is 4.98 Å². The second-order valence-electron chi connectivity index (χ2n) is 14.3. The molecule has 4 bridgehead atoms. The minimum atomic E-state index is 0.272. The number of morpholine rings is 1. The Balaban J connectivity index is 1.12. The lowest BCUT2D eigenvalue weighted by Crippen LogP contribution is -2.44. The van der Waals surface area contributed by atoms with Crippen LogP contribution in [0.3, 0.4) is 0 Å².